The first-order valence-corrected chi connectivity index (χ1v) is 10.7. The summed E-state index contributed by atoms with van der Waals surface area (Å²) in [4.78, 5) is 35.1. The number of nitrogens with zero attached hydrogens (tertiary/aromatic N) is 4. The van der Waals surface area contributed by atoms with Crippen molar-refractivity contribution in [3.8, 4) is 0 Å². The molecule has 0 radical (unpaired) electrons. The van der Waals surface area contributed by atoms with E-state index in [0.29, 0.717) is 0 Å². The number of aryl methyl sites for hydroxylation is 2. The Hall–Kier alpha value is -2.58. The van der Waals surface area contributed by atoms with Gasteiger partial charge in [-0.3, -0.25) is 24.0 Å². The number of likely N-dealkylation sites (tertiary alicyclic amines) is 1. The molecule has 2 aliphatic rings. The molecule has 0 saturated carbocycles. The van der Waals surface area contributed by atoms with E-state index in [2.05, 4.69) is 20.9 Å². The van der Waals surface area contributed by atoms with Crippen LogP contribution in [0.25, 0.3) is 10.2 Å². The van der Waals surface area contributed by atoms with E-state index in [1.165, 1.54) is 22.4 Å². The van der Waals surface area contributed by atoms with Crippen molar-refractivity contribution in [2.24, 2.45) is 0 Å². The molecule has 5 rings (SSSR count). The molecule has 7 nitrogen and oxygen atoms in total. The second-order valence-electron chi connectivity index (χ2n) is 7.47. The quantitative estimate of drug-likeness (QED) is 0.666. The van der Waals surface area contributed by atoms with Gasteiger partial charge in [0, 0.05) is 42.9 Å². The van der Waals surface area contributed by atoms with Gasteiger partial charge in [0.05, 0.1) is 11.7 Å². The van der Waals surface area contributed by atoms with Gasteiger partial charge in [-0.15, -0.1) is 11.3 Å². The topological polar surface area (TPSA) is 88.3 Å². The highest BCUT2D eigenvalue weighted by Crippen LogP contribution is 2.35. The Labute approximate surface area is 172 Å². The van der Waals surface area contributed by atoms with Crippen LogP contribution in [-0.4, -0.2) is 44.1 Å². The van der Waals surface area contributed by atoms with E-state index in [1.807, 2.05) is 23.0 Å². The fourth-order valence-electron chi connectivity index (χ4n) is 4.36. The standard InChI is InChI=1S/C20H22N4OS.CH2O2/c25-20-18-16-4-1-5-17(16)26-19(18)22-13-24(20)15-6-9-23(10-7-15)12-14-3-2-8-21-11-14;2-1-3/h2-3,8,11,13,15H,1,4-7,9-10,12H2;1H,(H,2,3). The van der Waals surface area contributed by atoms with Crippen LogP contribution in [0.2, 0.25) is 0 Å². The fraction of sp³-hybridized carbons (Fsp3) is 0.429. The number of carboxylic acid groups (broad SMARTS) is 1. The Morgan fingerprint density at radius 1 is 1.28 bits per heavy atom. The summed E-state index contributed by atoms with van der Waals surface area (Å²) in [5.41, 5.74) is 2.71. The number of hydrogen-bond donors (Lipinski definition) is 1. The van der Waals surface area contributed by atoms with Crippen molar-refractivity contribution >= 4 is 28.0 Å². The lowest BCUT2D eigenvalue weighted by Gasteiger charge is -2.32. The Bertz CT molecular complexity index is 1040. The molecule has 0 amide bonds. The van der Waals surface area contributed by atoms with Crippen LogP contribution in [0.5, 0.6) is 0 Å². The predicted molar refractivity (Wildman–Crippen MR) is 112 cm³/mol. The van der Waals surface area contributed by atoms with Crippen molar-refractivity contribution in [1.82, 2.24) is 19.4 Å². The lowest BCUT2D eigenvalue weighted by atomic mass is 10.0. The number of rotatable bonds is 3. The lowest BCUT2D eigenvalue weighted by Crippen LogP contribution is -2.37. The zero-order valence-corrected chi connectivity index (χ0v) is 17.0. The van der Waals surface area contributed by atoms with E-state index >= 15 is 0 Å². The Morgan fingerprint density at radius 3 is 2.79 bits per heavy atom. The Balaban J connectivity index is 0.000000645. The molecule has 1 aliphatic carbocycles. The molecule has 1 aliphatic heterocycles. The van der Waals surface area contributed by atoms with E-state index < -0.39 is 0 Å². The van der Waals surface area contributed by atoms with Crippen LogP contribution in [0.15, 0.2) is 35.6 Å². The van der Waals surface area contributed by atoms with E-state index in [-0.39, 0.29) is 18.1 Å². The van der Waals surface area contributed by atoms with Crippen LogP contribution in [-0.2, 0) is 24.2 Å². The second kappa shape index (κ2) is 8.84. The first-order valence-electron chi connectivity index (χ1n) is 9.91. The Morgan fingerprint density at radius 2 is 2.07 bits per heavy atom. The summed E-state index contributed by atoms with van der Waals surface area (Å²) in [7, 11) is 0. The monoisotopic (exact) mass is 412 g/mol. The maximum absolute atomic E-state index is 13.1. The van der Waals surface area contributed by atoms with Crippen molar-refractivity contribution in [2.45, 2.75) is 44.7 Å². The summed E-state index contributed by atoms with van der Waals surface area (Å²) >= 11 is 1.72. The number of thiophene rings is 1. The first kappa shape index (κ1) is 19.7. The van der Waals surface area contributed by atoms with Crippen LogP contribution in [0.4, 0.5) is 0 Å². The average Bonchev–Trinajstić information content (AvgIpc) is 3.32. The number of pyridine rings is 1. The minimum atomic E-state index is -0.250. The third-order valence-corrected chi connectivity index (χ3v) is 6.93. The molecule has 29 heavy (non-hydrogen) atoms. The van der Waals surface area contributed by atoms with Crippen molar-refractivity contribution in [3.63, 3.8) is 0 Å². The van der Waals surface area contributed by atoms with Gasteiger partial charge in [-0.2, -0.15) is 0 Å². The molecule has 1 fully saturated rings. The van der Waals surface area contributed by atoms with E-state index in [1.54, 1.807) is 17.7 Å². The maximum Gasteiger partial charge on any atom is 0.290 e. The molecule has 3 aromatic heterocycles. The van der Waals surface area contributed by atoms with Gasteiger partial charge in [0.25, 0.3) is 12.0 Å². The van der Waals surface area contributed by atoms with Gasteiger partial charge in [0.1, 0.15) is 4.83 Å². The van der Waals surface area contributed by atoms with Gasteiger partial charge in [-0.1, -0.05) is 6.07 Å². The lowest BCUT2D eigenvalue weighted by molar-refractivity contribution is -0.122. The maximum atomic E-state index is 13.1. The molecule has 3 aromatic rings. The molecule has 1 N–H and O–H groups in total. The predicted octanol–water partition coefficient (Wildman–Crippen LogP) is 2.88. The molecule has 0 bridgehead atoms. The summed E-state index contributed by atoms with van der Waals surface area (Å²) < 4.78 is 1.91. The van der Waals surface area contributed by atoms with E-state index in [4.69, 9.17) is 9.90 Å². The SMILES string of the molecule is O=CO.O=c1c2c3c(sc2ncn1C1CCN(Cc2cccnc2)CC1)CCC3. The van der Waals surface area contributed by atoms with Gasteiger partial charge in [0.15, 0.2) is 0 Å². The van der Waals surface area contributed by atoms with Crippen molar-refractivity contribution in [2.75, 3.05) is 13.1 Å². The highest BCUT2D eigenvalue weighted by molar-refractivity contribution is 7.18. The van der Waals surface area contributed by atoms with Crippen LogP contribution < -0.4 is 5.56 Å². The zero-order valence-electron chi connectivity index (χ0n) is 16.2. The highest BCUT2D eigenvalue weighted by atomic mass is 32.1. The van der Waals surface area contributed by atoms with Gasteiger partial charge in [-0.25, -0.2) is 4.98 Å². The summed E-state index contributed by atoms with van der Waals surface area (Å²) in [6.45, 7) is 2.70. The minimum Gasteiger partial charge on any atom is -0.483 e. The van der Waals surface area contributed by atoms with Gasteiger partial charge < -0.3 is 5.11 Å². The van der Waals surface area contributed by atoms with Crippen molar-refractivity contribution in [1.29, 1.82) is 0 Å². The number of aromatic nitrogens is 3. The minimum absolute atomic E-state index is 0.181. The summed E-state index contributed by atoms with van der Waals surface area (Å²) in [6, 6.07) is 4.38. The number of hydrogen-bond acceptors (Lipinski definition) is 6. The Kier molecular flexibility index (Phi) is 6.01. The van der Waals surface area contributed by atoms with Crippen molar-refractivity contribution < 1.29 is 9.90 Å². The fourth-order valence-corrected chi connectivity index (χ4v) is 5.58. The molecule has 0 aromatic carbocycles. The van der Waals surface area contributed by atoms with E-state index in [0.717, 1.165) is 55.5 Å². The molecule has 152 valence electrons. The summed E-state index contributed by atoms with van der Waals surface area (Å²) in [5, 5.41) is 7.79. The molecule has 0 spiro atoms. The van der Waals surface area contributed by atoms with Crippen molar-refractivity contribution in [3.05, 3.63) is 57.2 Å². The van der Waals surface area contributed by atoms with Gasteiger partial charge in [-0.05, 0) is 49.3 Å². The molecule has 0 atom stereocenters. The summed E-state index contributed by atoms with van der Waals surface area (Å²) in [6.07, 6.45) is 10.9. The third-order valence-electron chi connectivity index (χ3n) is 5.73. The largest absolute Gasteiger partial charge is 0.483 e. The molecular formula is C21H24N4O3S. The van der Waals surface area contributed by atoms with Crippen LogP contribution in [0.1, 0.15) is 41.3 Å². The van der Waals surface area contributed by atoms with Crippen LogP contribution in [0, 0.1) is 0 Å². The molecule has 8 heteroatoms. The summed E-state index contributed by atoms with van der Waals surface area (Å²) in [5.74, 6) is 0. The first-order chi connectivity index (χ1) is 14.2. The molecular weight excluding hydrogens is 388 g/mol. The van der Waals surface area contributed by atoms with Gasteiger partial charge >= 0.3 is 0 Å². The smallest absolute Gasteiger partial charge is 0.290 e. The zero-order chi connectivity index (χ0) is 20.2. The van der Waals surface area contributed by atoms with Crippen LogP contribution in [0.3, 0.4) is 0 Å². The molecule has 0 unspecified atom stereocenters. The van der Waals surface area contributed by atoms with Crippen LogP contribution >= 0.6 is 11.3 Å². The molecule has 4 heterocycles. The number of piperidine rings is 1. The van der Waals surface area contributed by atoms with E-state index in [9.17, 15) is 4.79 Å². The number of fused-ring (bicyclic) bond motifs is 3. The third kappa shape index (κ3) is 4.09. The van der Waals surface area contributed by atoms with Gasteiger partial charge in [0.2, 0.25) is 0 Å². The molecule has 1 saturated heterocycles. The number of carbonyl (C=O) groups is 1. The highest BCUT2D eigenvalue weighted by Gasteiger charge is 2.25. The average molecular weight is 413 g/mol. The second-order valence-corrected chi connectivity index (χ2v) is 8.55. The normalized spacial score (nSPS) is 17.0.